The monoisotopic (exact) mass is 391 g/mol. The number of rotatable bonds is 5. The first-order valence-corrected chi connectivity index (χ1v) is 9.93. The second-order valence-electron chi connectivity index (χ2n) is 6.55. The molecule has 0 radical (unpaired) electrons. The van der Waals surface area contributed by atoms with E-state index in [0.29, 0.717) is 23.7 Å². The highest BCUT2D eigenvalue weighted by molar-refractivity contribution is 8.05. The highest BCUT2D eigenvalue weighted by Gasteiger charge is 2.38. The van der Waals surface area contributed by atoms with Crippen LogP contribution in [0.5, 0.6) is 0 Å². The van der Waals surface area contributed by atoms with Gasteiger partial charge in [0.2, 0.25) is 5.91 Å². The molecule has 3 rings (SSSR count). The Morgan fingerprint density at radius 2 is 1.86 bits per heavy atom. The maximum Gasteiger partial charge on any atom is 0.264 e. The topological polar surface area (TPSA) is 73.2 Å². The second kappa shape index (κ2) is 8.77. The summed E-state index contributed by atoms with van der Waals surface area (Å²) >= 11 is 1.24. The summed E-state index contributed by atoms with van der Waals surface area (Å²) in [4.78, 5) is 26.8. The minimum absolute atomic E-state index is 0.0312. The summed E-state index contributed by atoms with van der Waals surface area (Å²) in [6, 6.07) is 19.3. The minimum Gasteiger partial charge on any atom is -0.351 e. The zero-order valence-electron chi connectivity index (χ0n) is 15.8. The Balaban J connectivity index is 1.82. The Kier molecular flexibility index (Phi) is 6.17. The van der Waals surface area contributed by atoms with Crippen LogP contribution < -0.4 is 10.2 Å². The first kappa shape index (κ1) is 19.7. The lowest BCUT2D eigenvalue weighted by atomic mass is 10.1. The molecule has 5 nitrogen and oxygen atoms in total. The van der Waals surface area contributed by atoms with E-state index < -0.39 is 5.91 Å². The maximum absolute atomic E-state index is 12.7. The van der Waals surface area contributed by atoms with Gasteiger partial charge in [-0.2, -0.15) is 5.26 Å². The third-order valence-corrected chi connectivity index (χ3v) is 5.61. The van der Waals surface area contributed by atoms with E-state index in [1.807, 2.05) is 67.6 Å². The number of nitriles is 1. The SMILES string of the molecule is Cc1ccc(N2C(=O)C(C)S/C2=C(/C#N)C(=O)NCCc2ccccc2)cc1. The molecule has 1 heterocycles. The summed E-state index contributed by atoms with van der Waals surface area (Å²) in [5.74, 6) is -0.589. The Bertz CT molecular complexity index is 946. The summed E-state index contributed by atoms with van der Waals surface area (Å²) in [7, 11) is 0. The van der Waals surface area contributed by atoms with E-state index >= 15 is 0 Å². The molecule has 0 bridgehead atoms. The van der Waals surface area contributed by atoms with Gasteiger partial charge in [-0.1, -0.05) is 59.8 Å². The van der Waals surface area contributed by atoms with Crippen molar-refractivity contribution in [1.29, 1.82) is 5.26 Å². The van der Waals surface area contributed by atoms with Gasteiger partial charge in [0.05, 0.1) is 5.25 Å². The van der Waals surface area contributed by atoms with Crippen molar-refractivity contribution >= 4 is 29.3 Å². The van der Waals surface area contributed by atoms with Crippen LogP contribution >= 0.6 is 11.8 Å². The third-order valence-electron chi connectivity index (χ3n) is 4.45. The second-order valence-corrected chi connectivity index (χ2v) is 7.88. The van der Waals surface area contributed by atoms with Crippen molar-refractivity contribution in [3.63, 3.8) is 0 Å². The molecule has 0 saturated carbocycles. The van der Waals surface area contributed by atoms with Gasteiger partial charge in [-0.15, -0.1) is 0 Å². The molecule has 6 heteroatoms. The summed E-state index contributed by atoms with van der Waals surface area (Å²) in [6.07, 6.45) is 0.671. The average molecular weight is 391 g/mol. The lowest BCUT2D eigenvalue weighted by Gasteiger charge is -2.18. The van der Waals surface area contributed by atoms with Crippen molar-refractivity contribution in [3.05, 3.63) is 76.3 Å². The Morgan fingerprint density at radius 1 is 1.18 bits per heavy atom. The minimum atomic E-state index is -0.458. The molecule has 2 amide bonds. The molecule has 1 unspecified atom stereocenters. The van der Waals surface area contributed by atoms with Gasteiger partial charge < -0.3 is 5.32 Å². The molecular formula is C22H21N3O2S. The molecule has 0 spiro atoms. The van der Waals surface area contributed by atoms with Crippen molar-refractivity contribution in [1.82, 2.24) is 5.32 Å². The number of nitrogens with one attached hydrogen (secondary N) is 1. The van der Waals surface area contributed by atoms with Gasteiger partial charge in [-0.05, 0) is 38.0 Å². The molecule has 1 fully saturated rings. The number of hydrogen-bond donors (Lipinski definition) is 1. The van der Waals surface area contributed by atoms with Crippen molar-refractivity contribution in [2.45, 2.75) is 25.5 Å². The summed E-state index contributed by atoms with van der Waals surface area (Å²) in [5, 5.41) is 12.5. The molecule has 2 aromatic rings. The molecule has 1 saturated heterocycles. The van der Waals surface area contributed by atoms with Crippen LogP contribution in [0.3, 0.4) is 0 Å². The normalized spacial score (nSPS) is 18.0. The van der Waals surface area contributed by atoms with Gasteiger partial charge >= 0.3 is 0 Å². The highest BCUT2D eigenvalue weighted by atomic mass is 32.2. The van der Waals surface area contributed by atoms with Crippen LogP contribution in [0, 0.1) is 18.3 Å². The standard InChI is InChI=1S/C22H21N3O2S/c1-15-8-10-18(11-9-15)25-21(27)16(2)28-22(25)19(14-23)20(26)24-13-12-17-6-4-3-5-7-17/h3-11,16H,12-13H2,1-2H3,(H,24,26)/b22-19-. The molecule has 0 aromatic heterocycles. The molecule has 0 aliphatic carbocycles. The molecule has 1 atom stereocenters. The summed E-state index contributed by atoms with van der Waals surface area (Å²) in [5.41, 5.74) is 2.80. The average Bonchev–Trinajstić information content (AvgIpc) is 2.98. The quantitative estimate of drug-likeness (QED) is 0.625. The van der Waals surface area contributed by atoms with E-state index in [1.165, 1.54) is 16.7 Å². The van der Waals surface area contributed by atoms with E-state index in [-0.39, 0.29) is 16.7 Å². The molecule has 1 aliphatic heterocycles. The number of nitrogens with zero attached hydrogens (tertiary/aromatic N) is 2. The molecular weight excluding hydrogens is 370 g/mol. The zero-order chi connectivity index (χ0) is 20.1. The van der Waals surface area contributed by atoms with Crippen LogP contribution in [0.1, 0.15) is 18.1 Å². The molecule has 1 N–H and O–H groups in total. The number of carbonyl (C=O) groups excluding carboxylic acids is 2. The van der Waals surface area contributed by atoms with Gasteiger partial charge in [0.15, 0.2) is 0 Å². The predicted octanol–water partition coefficient (Wildman–Crippen LogP) is 3.56. The number of amides is 2. The zero-order valence-corrected chi connectivity index (χ0v) is 16.6. The van der Waals surface area contributed by atoms with E-state index in [9.17, 15) is 14.9 Å². The molecule has 2 aromatic carbocycles. The molecule has 1 aliphatic rings. The van der Waals surface area contributed by atoms with Crippen LogP contribution in [-0.4, -0.2) is 23.6 Å². The Hall–Kier alpha value is -3.04. The third kappa shape index (κ3) is 4.26. The van der Waals surface area contributed by atoms with E-state index in [2.05, 4.69) is 5.32 Å². The van der Waals surface area contributed by atoms with Crippen molar-refractivity contribution < 1.29 is 9.59 Å². The van der Waals surface area contributed by atoms with Crippen LogP contribution in [0.15, 0.2) is 65.2 Å². The van der Waals surface area contributed by atoms with E-state index in [0.717, 1.165) is 11.1 Å². The van der Waals surface area contributed by atoms with Crippen LogP contribution in [0.4, 0.5) is 5.69 Å². The number of carbonyl (C=O) groups is 2. The van der Waals surface area contributed by atoms with Gasteiger partial charge in [0.1, 0.15) is 16.7 Å². The maximum atomic E-state index is 12.7. The molecule has 142 valence electrons. The number of hydrogen-bond acceptors (Lipinski definition) is 4. The number of aryl methyl sites for hydroxylation is 1. The molecule has 28 heavy (non-hydrogen) atoms. The summed E-state index contributed by atoms with van der Waals surface area (Å²) in [6.45, 7) is 4.16. The first-order chi connectivity index (χ1) is 13.5. The fraction of sp³-hybridized carbons (Fsp3) is 0.227. The number of benzene rings is 2. The lowest BCUT2D eigenvalue weighted by molar-refractivity contribution is -0.117. The van der Waals surface area contributed by atoms with Crippen LogP contribution in [0.25, 0.3) is 0 Å². The van der Waals surface area contributed by atoms with Gasteiger partial charge in [-0.25, -0.2) is 0 Å². The van der Waals surface area contributed by atoms with Crippen LogP contribution in [0.2, 0.25) is 0 Å². The highest BCUT2D eigenvalue weighted by Crippen LogP contribution is 2.40. The van der Waals surface area contributed by atoms with Gasteiger partial charge in [0, 0.05) is 12.2 Å². The predicted molar refractivity (Wildman–Crippen MR) is 112 cm³/mol. The van der Waals surface area contributed by atoms with Crippen molar-refractivity contribution in [2.24, 2.45) is 0 Å². The van der Waals surface area contributed by atoms with Crippen molar-refractivity contribution in [3.8, 4) is 6.07 Å². The first-order valence-electron chi connectivity index (χ1n) is 9.05. The smallest absolute Gasteiger partial charge is 0.264 e. The summed E-state index contributed by atoms with van der Waals surface area (Å²) < 4.78 is 0. The Labute approximate surface area is 169 Å². The van der Waals surface area contributed by atoms with Gasteiger partial charge in [-0.3, -0.25) is 14.5 Å². The lowest BCUT2D eigenvalue weighted by Crippen LogP contribution is -2.31. The van der Waals surface area contributed by atoms with E-state index in [1.54, 1.807) is 6.92 Å². The van der Waals surface area contributed by atoms with Crippen molar-refractivity contribution in [2.75, 3.05) is 11.4 Å². The number of thioether (sulfide) groups is 1. The van der Waals surface area contributed by atoms with Gasteiger partial charge in [0.25, 0.3) is 5.91 Å². The fourth-order valence-electron chi connectivity index (χ4n) is 2.91. The largest absolute Gasteiger partial charge is 0.351 e. The number of anilines is 1. The fourth-order valence-corrected chi connectivity index (χ4v) is 4.01. The van der Waals surface area contributed by atoms with E-state index in [4.69, 9.17) is 0 Å². The Morgan fingerprint density at radius 3 is 2.50 bits per heavy atom. The van der Waals surface area contributed by atoms with Crippen LogP contribution in [-0.2, 0) is 16.0 Å².